The number of aliphatic hydroxyl groups excluding tert-OH is 1. The number of fused-ring (bicyclic) bond motifs is 1. The number of aliphatic hydroxyl groups is 1. The van der Waals surface area contributed by atoms with Gasteiger partial charge in [-0.05, 0) is 25.8 Å². The van der Waals surface area contributed by atoms with Crippen LogP contribution in [0.15, 0.2) is 36.3 Å². The molecule has 2 rings (SSSR count). The summed E-state index contributed by atoms with van der Waals surface area (Å²) in [6.45, 7) is 7.47. The first-order valence-electron chi connectivity index (χ1n) is 9.41. The fourth-order valence-electron chi connectivity index (χ4n) is 2.89. The number of H-pyrrole nitrogens is 1. The summed E-state index contributed by atoms with van der Waals surface area (Å²) in [7, 11) is 0. The highest BCUT2D eigenvalue weighted by Crippen LogP contribution is 2.20. The van der Waals surface area contributed by atoms with Crippen molar-refractivity contribution in [3.8, 4) is 0 Å². The molecule has 0 saturated heterocycles. The van der Waals surface area contributed by atoms with Crippen molar-refractivity contribution in [1.82, 2.24) is 20.3 Å². The van der Waals surface area contributed by atoms with Crippen molar-refractivity contribution in [2.24, 2.45) is 5.92 Å². The molecule has 2 atom stereocenters. The lowest BCUT2D eigenvalue weighted by Crippen LogP contribution is -2.31. The van der Waals surface area contributed by atoms with Crippen molar-refractivity contribution in [2.75, 3.05) is 23.8 Å². The van der Waals surface area contributed by atoms with Gasteiger partial charge in [-0.2, -0.15) is 11.8 Å². The third kappa shape index (κ3) is 6.37. The molecule has 27 heavy (non-hydrogen) atoms. The Morgan fingerprint density at radius 2 is 2.26 bits per heavy atom. The minimum absolute atomic E-state index is 0.188. The van der Waals surface area contributed by atoms with Crippen LogP contribution in [0.3, 0.4) is 0 Å². The number of hydrogen-bond donors (Lipinski definition) is 4. The molecule has 2 heterocycles. The Labute approximate surface area is 165 Å². The highest BCUT2D eigenvalue weighted by molar-refractivity contribution is 7.99. The number of thioether (sulfide) groups is 1. The summed E-state index contributed by atoms with van der Waals surface area (Å²) in [4.78, 5) is 11.4. The van der Waals surface area contributed by atoms with Crippen LogP contribution in [0, 0.1) is 5.92 Å². The van der Waals surface area contributed by atoms with E-state index in [9.17, 15) is 5.11 Å². The van der Waals surface area contributed by atoms with E-state index >= 15 is 0 Å². The molecule has 0 spiro atoms. The zero-order valence-electron chi connectivity index (χ0n) is 16.4. The number of aromatic nitrogens is 3. The maximum absolute atomic E-state index is 10.1. The van der Waals surface area contributed by atoms with Crippen molar-refractivity contribution in [3.63, 3.8) is 0 Å². The third-order valence-electron chi connectivity index (χ3n) is 4.42. The second kappa shape index (κ2) is 11.1. The summed E-state index contributed by atoms with van der Waals surface area (Å²) < 4.78 is 0. The molecule has 0 aliphatic heterocycles. The molecular weight excluding hydrogens is 358 g/mol. The summed E-state index contributed by atoms with van der Waals surface area (Å²) in [6.07, 6.45) is 10.6. The third-order valence-corrected chi connectivity index (χ3v) is 5.62. The monoisotopic (exact) mass is 389 g/mol. The maximum Gasteiger partial charge on any atom is 0.151 e. The molecule has 0 saturated carbocycles. The second-order valence-corrected chi connectivity index (χ2v) is 7.66. The van der Waals surface area contributed by atoms with E-state index in [4.69, 9.17) is 5.73 Å². The minimum Gasteiger partial charge on any atom is -0.393 e. The van der Waals surface area contributed by atoms with E-state index in [-0.39, 0.29) is 12.0 Å². The lowest BCUT2D eigenvalue weighted by Gasteiger charge is -2.20. The molecule has 0 amide bonds. The molecule has 0 unspecified atom stereocenters. The molecule has 0 radical (unpaired) electrons. The van der Waals surface area contributed by atoms with Crippen LogP contribution in [0.4, 0.5) is 5.82 Å². The molecule has 5 N–H and O–H groups in total. The van der Waals surface area contributed by atoms with Gasteiger partial charge in [0, 0.05) is 42.3 Å². The van der Waals surface area contributed by atoms with Gasteiger partial charge in [0.1, 0.15) is 11.8 Å². The SMILES string of the molecule is C/C=C\C(=C/CC)CSC[C@@H](CNCc1c[nH]c2c(N)ncnc12)[C@@H](C)O. The Bertz CT molecular complexity index is 769. The number of nitrogens with zero attached hydrogens (tertiary/aromatic N) is 2. The van der Waals surface area contributed by atoms with Crippen molar-refractivity contribution in [1.29, 1.82) is 0 Å². The van der Waals surface area contributed by atoms with Crippen LogP contribution < -0.4 is 11.1 Å². The molecule has 0 aromatic carbocycles. The highest BCUT2D eigenvalue weighted by Gasteiger charge is 2.16. The number of allylic oxidation sites excluding steroid dienone is 3. The maximum atomic E-state index is 10.1. The van der Waals surface area contributed by atoms with Crippen molar-refractivity contribution >= 4 is 28.6 Å². The Balaban J connectivity index is 1.85. The Hall–Kier alpha value is -1.83. The molecule has 0 bridgehead atoms. The summed E-state index contributed by atoms with van der Waals surface area (Å²) in [5, 5.41) is 13.6. The highest BCUT2D eigenvalue weighted by atomic mass is 32.2. The first kappa shape index (κ1) is 21.5. The van der Waals surface area contributed by atoms with Gasteiger partial charge in [0.25, 0.3) is 0 Å². The van der Waals surface area contributed by atoms with Crippen LogP contribution in [0.5, 0.6) is 0 Å². The van der Waals surface area contributed by atoms with Gasteiger partial charge in [0.2, 0.25) is 0 Å². The van der Waals surface area contributed by atoms with Gasteiger partial charge in [-0.25, -0.2) is 9.97 Å². The number of anilines is 1. The van der Waals surface area contributed by atoms with E-state index in [0.29, 0.717) is 12.4 Å². The van der Waals surface area contributed by atoms with E-state index < -0.39 is 0 Å². The lowest BCUT2D eigenvalue weighted by molar-refractivity contribution is 0.136. The summed E-state index contributed by atoms with van der Waals surface area (Å²) in [5.74, 6) is 2.53. The number of rotatable bonds is 11. The van der Waals surface area contributed by atoms with Crippen LogP contribution in [-0.4, -0.2) is 44.2 Å². The number of nitrogen functional groups attached to an aromatic ring is 1. The molecule has 0 aliphatic carbocycles. The Morgan fingerprint density at radius 1 is 1.44 bits per heavy atom. The van der Waals surface area contributed by atoms with E-state index in [0.717, 1.165) is 41.1 Å². The van der Waals surface area contributed by atoms with E-state index in [1.807, 2.05) is 31.8 Å². The normalized spacial score (nSPS) is 14.9. The molecule has 7 heteroatoms. The fraction of sp³-hybridized carbons (Fsp3) is 0.500. The number of nitrogens with two attached hydrogens (primary N) is 1. The zero-order valence-corrected chi connectivity index (χ0v) is 17.2. The topological polar surface area (TPSA) is 99.9 Å². The first-order valence-corrected chi connectivity index (χ1v) is 10.6. The van der Waals surface area contributed by atoms with Gasteiger partial charge < -0.3 is 21.1 Å². The predicted molar refractivity (Wildman–Crippen MR) is 116 cm³/mol. The van der Waals surface area contributed by atoms with Crippen LogP contribution in [-0.2, 0) is 6.54 Å². The first-order chi connectivity index (χ1) is 13.1. The van der Waals surface area contributed by atoms with Crippen LogP contribution >= 0.6 is 11.8 Å². The Kier molecular flexibility index (Phi) is 8.84. The Morgan fingerprint density at radius 3 is 2.96 bits per heavy atom. The fourth-order valence-corrected chi connectivity index (χ4v) is 4.15. The summed E-state index contributed by atoms with van der Waals surface area (Å²) in [6, 6.07) is 0. The minimum atomic E-state index is -0.355. The summed E-state index contributed by atoms with van der Waals surface area (Å²) in [5.41, 5.74) is 9.88. The standard InChI is InChI=1S/C20H31N5OS/c1-4-6-15(7-5-2)11-27-12-17(14(3)26)9-22-8-16-10-23-19-18(16)24-13-25-20(19)21/h4,6-7,10,13-14,17,22-23,26H,5,8-9,11-12H2,1-3H3,(H2,21,24,25)/b6-4-,15-7+/t14-,17-/m1/s1. The van der Waals surface area contributed by atoms with Crippen LogP contribution in [0.2, 0.25) is 0 Å². The number of hydrogen-bond acceptors (Lipinski definition) is 6. The molecule has 2 aromatic heterocycles. The summed E-state index contributed by atoms with van der Waals surface area (Å²) >= 11 is 1.87. The van der Waals surface area contributed by atoms with Crippen molar-refractivity contribution < 1.29 is 5.11 Å². The number of nitrogens with one attached hydrogen (secondary N) is 2. The molecule has 6 nitrogen and oxygen atoms in total. The zero-order chi connectivity index (χ0) is 19.6. The van der Waals surface area contributed by atoms with Gasteiger partial charge in [0.15, 0.2) is 5.82 Å². The van der Waals surface area contributed by atoms with E-state index in [1.54, 1.807) is 0 Å². The quantitative estimate of drug-likeness (QED) is 0.440. The largest absolute Gasteiger partial charge is 0.393 e. The molecular formula is C20H31N5OS. The van der Waals surface area contributed by atoms with E-state index in [1.165, 1.54) is 11.9 Å². The molecule has 2 aromatic rings. The smallest absolute Gasteiger partial charge is 0.151 e. The average molecular weight is 390 g/mol. The van der Waals surface area contributed by atoms with Gasteiger partial charge in [-0.15, -0.1) is 0 Å². The second-order valence-electron chi connectivity index (χ2n) is 6.63. The number of aromatic amines is 1. The van der Waals surface area contributed by atoms with Gasteiger partial charge in [-0.3, -0.25) is 0 Å². The molecule has 0 fully saturated rings. The van der Waals surface area contributed by atoms with Crippen LogP contribution in [0.1, 0.15) is 32.8 Å². The lowest BCUT2D eigenvalue weighted by atomic mass is 10.1. The van der Waals surface area contributed by atoms with Crippen molar-refractivity contribution in [3.05, 3.63) is 41.9 Å². The predicted octanol–water partition coefficient (Wildman–Crippen LogP) is 3.27. The van der Waals surface area contributed by atoms with Crippen LogP contribution in [0.25, 0.3) is 11.0 Å². The van der Waals surface area contributed by atoms with Gasteiger partial charge >= 0.3 is 0 Å². The molecule has 148 valence electrons. The average Bonchev–Trinajstić information content (AvgIpc) is 3.05. The van der Waals surface area contributed by atoms with Crippen molar-refractivity contribution in [2.45, 2.75) is 39.8 Å². The van der Waals surface area contributed by atoms with Gasteiger partial charge in [0.05, 0.1) is 11.6 Å². The van der Waals surface area contributed by atoms with E-state index in [2.05, 4.69) is 45.4 Å². The molecule has 0 aliphatic rings. The van der Waals surface area contributed by atoms with Gasteiger partial charge in [-0.1, -0.05) is 25.2 Å².